The molecule has 8 heteroatoms. The van der Waals surface area contributed by atoms with Gasteiger partial charge in [-0.15, -0.1) is 0 Å². The molecule has 0 N–H and O–H groups in total. The van der Waals surface area contributed by atoms with E-state index in [0.29, 0.717) is 0 Å². The van der Waals surface area contributed by atoms with Gasteiger partial charge in [0.15, 0.2) is 0 Å². The standard InChI is InChI=1S/C19H36N2S6/c1-3-5-7-9-11-13-17-22-26-24-19-15-16-21(20-19)25-27-23-18-14-12-10-8-6-4-2/h15-16H,3-14,17-18H2,1-2H3. The minimum Gasteiger partial charge on any atom is -0.201 e. The maximum absolute atomic E-state index is 4.62. The monoisotopic (exact) mass is 484 g/mol. The van der Waals surface area contributed by atoms with Crippen LogP contribution in [0.3, 0.4) is 0 Å². The second-order valence-corrected chi connectivity index (χ2v) is 14.8. The molecule has 0 bridgehead atoms. The summed E-state index contributed by atoms with van der Waals surface area (Å²) in [4.78, 5) is 0. The van der Waals surface area contributed by atoms with Gasteiger partial charge < -0.3 is 0 Å². The van der Waals surface area contributed by atoms with E-state index in [-0.39, 0.29) is 0 Å². The Balaban J connectivity index is 1.90. The molecule has 1 aromatic heterocycles. The van der Waals surface area contributed by atoms with Crippen molar-refractivity contribution in [2.24, 2.45) is 0 Å². The number of hydrogen-bond acceptors (Lipinski definition) is 7. The summed E-state index contributed by atoms with van der Waals surface area (Å²) in [6, 6.07) is 2.12. The van der Waals surface area contributed by atoms with Crippen LogP contribution in [-0.2, 0) is 0 Å². The topological polar surface area (TPSA) is 17.8 Å². The van der Waals surface area contributed by atoms with Crippen molar-refractivity contribution in [3.8, 4) is 0 Å². The second-order valence-electron chi connectivity index (χ2n) is 6.53. The Morgan fingerprint density at radius 2 is 1.30 bits per heavy atom. The average molecular weight is 485 g/mol. The zero-order valence-electron chi connectivity index (χ0n) is 16.9. The third-order valence-electron chi connectivity index (χ3n) is 4.03. The zero-order chi connectivity index (χ0) is 19.4. The van der Waals surface area contributed by atoms with Crippen molar-refractivity contribution < 1.29 is 0 Å². The van der Waals surface area contributed by atoms with Gasteiger partial charge in [-0.3, -0.25) is 0 Å². The van der Waals surface area contributed by atoms with Gasteiger partial charge in [0.25, 0.3) is 0 Å². The van der Waals surface area contributed by atoms with E-state index < -0.39 is 0 Å². The van der Waals surface area contributed by atoms with Crippen LogP contribution in [0.15, 0.2) is 17.3 Å². The summed E-state index contributed by atoms with van der Waals surface area (Å²) in [6.45, 7) is 4.55. The van der Waals surface area contributed by atoms with Gasteiger partial charge in [-0.05, 0) is 49.4 Å². The van der Waals surface area contributed by atoms with Crippen LogP contribution in [0.2, 0.25) is 0 Å². The molecule has 1 rings (SSSR count). The van der Waals surface area contributed by atoms with Crippen molar-refractivity contribution in [1.29, 1.82) is 0 Å². The van der Waals surface area contributed by atoms with Crippen molar-refractivity contribution in [3.05, 3.63) is 12.3 Å². The normalized spacial score (nSPS) is 11.3. The molecule has 1 heterocycles. The third-order valence-corrected chi connectivity index (χ3v) is 11.8. The van der Waals surface area contributed by atoms with Gasteiger partial charge in [0, 0.05) is 17.7 Å². The molecule has 1 aromatic rings. The van der Waals surface area contributed by atoms with Crippen molar-refractivity contribution in [2.45, 2.75) is 95.9 Å². The molecule has 0 aromatic carbocycles. The molecular formula is C19H36N2S6. The second kappa shape index (κ2) is 20.6. The summed E-state index contributed by atoms with van der Waals surface area (Å²) >= 11 is 0. The lowest BCUT2D eigenvalue weighted by molar-refractivity contribution is 0.627. The van der Waals surface area contributed by atoms with Gasteiger partial charge in [-0.2, -0.15) is 5.10 Å². The maximum atomic E-state index is 4.62. The lowest BCUT2D eigenvalue weighted by Gasteiger charge is -2.01. The molecule has 0 saturated heterocycles. The molecular weight excluding hydrogens is 449 g/mol. The molecule has 0 aliphatic rings. The first kappa shape index (κ1) is 26.3. The molecule has 0 saturated carbocycles. The SMILES string of the molecule is CCCCCCCCSSSc1ccn(SSSCCCCCCCC)n1. The summed E-state index contributed by atoms with van der Waals surface area (Å²) in [5.74, 6) is 2.50. The molecule has 0 amide bonds. The van der Waals surface area contributed by atoms with E-state index in [2.05, 4.69) is 31.2 Å². The summed E-state index contributed by atoms with van der Waals surface area (Å²) in [5, 5.41) is 5.74. The predicted octanol–water partition coefficient (Wildman–Crippen LogP) is 9.79. The lowest BCUT2D eigenvalue weighted by atomic mass is 10.1. The van der Waals surface area contributed by atoms with Crippen LogP contribution < -0.4 is 0 Å². The number of hydrogen-bond donors (Lipinski definition) is 0. The number of nitrogens with zero attached hydrogens (tertiary/aromatic N) is 2. The molecule has 158 valence electrons. The minimum absolute atomic E-state index is 1.12. The first-order valence-corrected chi connectivity index (χ1v) is 17.6. The zero-order valence-corrected chi connectivity index (χ0v) is 21.8. The fraction of sp³-hybridized carbons (Fsp3) is 0.842. The van der Waals surface area contributed by atoms with Gasteiger partial charge >= 0.3 is 0 Å². The van der Waals surface area contributed by atoms with E-state index in [4.69, 9.17) is 0 Å². The summed E-state index contributed by atoms with van der Waals surface area (Å²) in [5.41, 5.74) is 0. The molecule has 0 fully saturated rings. The van der Waals surface area contributed by atoms with Crippen molar-refractivity contribution in [2.75, 3.05) is 11.5 Å². The summed E-state index contributed by atoms with van der Waals surface area (Å²) < 4.78 is 1.99. The van der Waals surface area contributed by atoms with Crippen molar-refractivity contribution >= 4 is 63.0 Å². The number of unbranched alkanes of at least 4 members (excludes halogenated alkanes) is 10. The predicted molar refractivity (Wildman–Crippen MR) is 138 cm³/mol. The average Bonchev–Trinajstić information content (AvgIpc) is 3.13. The molecule has 0 aliphatic carbocycles. The molecule has 2 nitrogen and oxygen atoms in total. The Morgan fingerprint density at radius 3 is 1.93 bits per heavy atom. The molecule has 27 heavy (non-hydrogen) atoms. The van der Waals surface area contributed by atoms with Gasteiger partial charge in [0.05, 0.1) is 11.0 Å². The summed E-state index contributed by atoms with van der Waals surface area (Å²) in [6.07, 6.45) is 18.6. The lowest BCUT2D eigenvalue weighted by Crippen LogP contribution is -1.83. The van der Waals surface area contributed by atoms with Gasteiger partial charge in [-0.1, -0.05) is 99.6 Å². The molecule has 0 unspecified atom stereocenters. The Labute approximate surface area is 190 Å². The van der Waals surface area contributed by atoms with Crippen molar-refractivity contribution in [3.63, 3.8) is 0 Å². The van der Waals surface area contributed by atoms with E-state index in [1.54, 1.807) is 21.8 Å². The van der Waals surface area contributed by atoms with Gasteiger partial charge in [-0.25, -0.2) is 4.09 Å². The Bertz CT molecular complexity index is 394. The van der Waals surface area contributed by atoms with Crippen LogP contribution in [-0.4, -0.2) is 20.7 Å². The first-order valence-electron chi connectivity index (χ1n) is 10.3. The van der Waals surface area contributed by atoms with Gasteiger partial charge in [0.2, 0.25) is 0 Å². The van der Waals surface area contributed by atoms with Gasteiger partial charge in [0.1, 0.15) is 5.03 Å². The highest BCUT2D eigenvalue weighted by Gasteiger charge is 2.02. The molecule has 0 aliphatic heterocycles. The van der Waals surface area contributed by atoms with Crippen LogP contribution in [0.5, 0.6) is 0 Å². The van der Waals surface area contributed by atoms with Crippen molar-refractivity contribution in [1.82, 2.24) is 9.19 Å². The highest BCUT2D eigenvalue weighted by molar-refractivity contribution is 9.09. The maximum Gasteiger partial charge on any atom is 0.131 e. The fourth-order valence-electron chi connectivity index (χ4n) is 2.44. The molecule has 0 radical (unpaired) electrons. The third kappa shape index (κ3) is 16.8. The molecule has 0 atom stereocenters. The highest BCUT2D eigenvalue weighted by Crippen LogP contribution is 2.41. The Morgan fingerprint density at radius 1 is 0.741 bits per heavy atom. The smallest absolute Gasteiger partial charge is 0.131 e. The largest absolute Gasteiger partial charge is 0.201 e. The minimum atomic E-state index is 1.12. The first-order chi connectivity index (χ1) is 13.4. The van der Waals surface area contributed by atoms with Crippen LogP contribution in [0.1, 0.15) is 90.9 Å². The van der Waals surface area contributed by atoms with Crippen LogP contribution in [0.25, 0.3) is 0 Å². The van der Waals surface area contributed by atoms with E-state index in [1.165, 1.54) is 88.6 Å². The van der Waals surface area contributed by atoms with Crippen LogP contribution in [0, 0.1) is 0 Å². The van der Waals surface area contributed by atoms with E-state index in [1.807, 2.05) is 45.3 Å². The van der Waals surface area contributed by atoms with E-state index >= 15 is 0 Å². The highest BCUT2D eigenvalue weighted by atomic mass is 33.5. The number of aromatic nitrogens is 2. The Kier molecular flexibility index (Phi) is 20.1. The summed E-state index contributed by atoms with van der Waals surface area (Å²) in [7, 11) is 11.2. The van der Waals surface area contributed by atoms with E-state index in [9.17, 15) is 0 Å². The number of rotatable bonds is 20. The fourth-order valence-corrected chi connectivity index (χ4v) is 9.50. The molecule has 0 spiro atoms. The van der Waals surface area contributed by atoms with Crippen LogP contribution in [0.4, 0.5) is 0 Å². The van der Waals surface area contributed by atoms with E-state index in [0.717, 1.165) is 5.03 Å². The Hall–Kier alpha value is 1.31. The quantitative estimate of drug-likeness (QED) is 0.134. The van der Waals surface area contributed by atoms with Crippen LogP contribution >= 0.6 is 63.0 Å².